The van der Waals surface area contributed by atoms with Crippen molar-refractivity contribution in [2.24, 2.45) is 0 Å². The van der Waals surface area contributed by atoms with Gasteiger partial charge in [0.2, 0.25) is 0 Å². The molecule has 0 aromatic heterocycles. The smallest absolute Gasteiger partial charge is 0.119 e. The Labute approximate surface area is 117 Å². The Morgan fingerprint density at radius 1 is 0.895 bits per heavy atom. The first-order valence-electron chi connectivity index (χ1n) is 7.09. The van der Waals surface area contributed by atoms with E-state index in [4.69, 9.17) is 4.74 Å². The van der Waals surface area contributed by atoms with E-state index in [2.05, 4.69) is 49.4 Å². The Morgan fingerprint density at radius 3 is 2.16 bits per heavy atom. The third-order valence-corrected chi connectivity index (χ3v) is 2.97. The highest BCUT2D eigenvalue weighted by molar-refractivity contribution is 5.36. The van der Waals surface area contributed by atoms with Gasteiger partial charge in [-0.05, 0) is 30.2 Å². The van der Waals surface area contributed by atoms with E-state index in [1.165, 1.54) is 11.1 Å². The normalized spacial score (nSPS) is 11.2. The number of hydrogen-bond acceptors (Lipinski definition) is 1. The minimum absolute atomic E-state index is 0.400. The molecule has 2 aromatic rings. The maximum absolute atomic E-state index is 5.53. The molecule has 1 atom stereocenters. The van der Waals surface area contributed by atoms with Gasteiger partial charge in [0.25, 0.3) is 0 Å². The van der Waals surface area contributed by atoms with Gasteiger partial charge in [-0.1, -0.05) is 63.2 Å². The van der Waals surface area contributed by atoms with Gasteiger partial charge in [-0.3, -0.25) is 0 Å². The molecule has 0 saturated carbocycles. The first-order valence-corrected chi connectivity index (χ1v) is 7.09. The first-order chi connectivity index (χ1) is 9.31. The van der Waals surface area contributed by atoms with E-state index in [0.29, 0.717) is 12.5 Å². The van der Waals surface area contributed by atoms with E-state index in [-0.39, 0.29) is 0 Å². The third-order valence-electron chi connectivity index (χ3n) is 2.97. The number of ether oxygens (including phenoxy) is 1. The van der Waals surface area contributed by atoms with E-state index >= 15 is 0 Å². The van der Waals surface area contributed by atoms with Crippen LogP contribution in [0.2, 0.25) is 0 Å². The molecule has 19 heavy (non-hydrogen) atoms. The first kappa shape index (κ1) is 15.3. The largest absolute Gasteiger partial charge is 0.494 e. The van der Waals surface area contributed by atoms with Crippen molar-refractivity contribution in [2.75, 3.05) is 6.61 Å². The average Bonchev–Trinajstić information content (AvgIpc) is 2.50. The lowest BCUT2D eigenvalue weighted by Gasteiger charge is -2.13. The molecule has 0 aliphatic heterocycles. The fraction of sp³-hybridized carbons (Fsp3) is 0.333. The SMILES string of the molecule is CC.CCOc1cccc(C(C)c2ccccc2)c1. The molecular formula is C18H24O. The maximum atomic E-state index is 5.53. The van der Waals surface area contributed by atoms with E-state index in [1.54, 1.807) is 0 Å². The lowest BCUT2D eigenvalue weighted by molar-refractivity contribution is 0.340. The lowest BCUT2D eigenvalue weighted by Crippen LogP contribution is -1.97. The highest BCUT2D eigenvalue weighted by atomic mass is 16.5. The zero-order valence-corrected chi connectivity index (χ0v) is 12.4. The number of benzene rings is 2. The van der Waals surface area contributed by atoms with Gasteiger partial charge < -0.3 is 4.74 Å². The molecule has 2 rings (SSSR count). The van der Waals surface area contributed by atoms with Gasteiger partial charge in [0.1, 0.15) is 5.75 Å². The van der Waals surface area contributed by atoms with Crippen molar-refractivity contribution in [1.82, 2.24) is 0 Å². The van der Waals surface area contributed by atoms with Gasteiger partial charge in [0.15, 0.2) is 0 Å². The average molecular weight is 256 g/mol. The van der Waals surface area contributed by atoms with Crippen molar-refractivity contribution < 1.29 is 4.74 Å². The van der Waals surface area contributed by atoms with Crippen LogP contribution < -0.4 is 4.74 Å². The fourth-order valence-electron chi connectivity index (χ4n) is 1.97. The van der Waals surface area contributed by atoms with E-state index in [0.717, 1.165) is 5.75 Å². The summed E-state index contributed by atoms with van der Waals surface area (Å²) in [6.07, 6.45) is 0. The minimum Gasteiger partial charge on any atom is -0.494 e. The molecule has 0 aliphatic carbocycles. The second kappa shape index (κ2) is 8.36. The molecule has 0 N–H and O–H groups in total. The number of hydrogen-bond donors (Lipinski definition) is 0. The standard InChI is InChI=1S/C16H18O.C2H6/c1-3-17-16-11-7-10-15(12-16)13(2)14-8-5-4-6-9-14;1-2/h4-13H,3H2,1-2H3;1-2H3. The molecule has 0 saturated heterocycles. The molecule has 0 radical (unpaired) electrons. The van der Waals surface area contributed by atoms with Gasteiger partial charge in [-0.25, -0.2) is 0 Å². The Morgan fingerprint density at radius 2 is 1.53 bits per heavy atom. The van der Waals surface area contributed by atoms with Gasteiger partial charge in [0, 0.05) is 5.92 Å². The van der Waals surface area contributed by atoms with Crippen LogP contribution in [0.15, 0.2) is 54.6 Å². The molecular weight excluding hydrogens is 232 g/mol. The van der Waals surface area contributed by atoms with Gasteiger partial charge in [-0.2, -0.15) is 0 Å². The molecule has 0 fully saturated rings. The second-order valence-corrected chi connectivity index (χ2v) is 4.14. The molecule has 0 bridgehead atoms. The Hall–Kier alpha value is -1.76. The van der Waals surface area contributed by atoms with Gasteiger partial charge >= 0.3 is 0 Å². The molecule has 0 amide bonds. The summed E-state index contributed by atoms with van der Waals surface area (Å²) in [7, 11) is 0. The molecule has 102 valence electrons. The van der Waals surface area contributed by atoms with Gasteiger partial charge in [0.05, 0.1) is 6.61 Å². The summed E-state index contributed by atoms with van der Waals surface area (Å²) in [5, 5.41) is 0. The van der Waals surface area contributed by atoms with Crippen LogP contribution in [0.3, 0.4) is 0 Å². The summed E-state index contributed by atoms with van der Waals surface area (Å²) < 4.78 is 5.53. The van der Waals surface area contributed by atoms with Crippen LogP contribution >= 0.6 is 0 Å². The van der Waals surface area contributed by atoms with Crippen molar-refractivity contribution in [2.45, 2.75) is 33.6 Å². The molecule has 1 unspecified atom stereocenters. The van der Waals surface area contributed by atoms with Crippen LogP contribution in [0.5, 0.6) is 5.75 Å². The highest BCUT2D eigenvalue weighted by Gasteiger charge is 2.08. The van der Waals surface area contributed by atoms with Crippen LogP contribution in [0.25, 0.3) is 0 Å². The van der Waals surface area contributed by atoms with Crippen LogP contribution in [-0.2, 0) is 0 Å². The monoisotopic (exact) mass is 256 g/mol. The number of rotatable bonds is 4. The van der Waals surface area contributed by atoms with Crippen LogP contribution in [0.1, 0.15) is 44.7 Å². The zero-order valence-electron chi connectivity index (χ0n) is 12.4. The summed E-state index contributed by atoms with van der Waals surface area (Å²) in [6.45, 7) is 8.94. The minimum atomic E-state index is 0.400. The summed E-state index contributed by atoms with van der Waals surface area (Å²) in [4.78, 5) is 0. The topological polar surface area (TPSA) is 9.23 Å². The Bertz CT molecular complexity index is 462. The molecule has 2 aromatic carbocycles. The quantitative estimate of drug-likeness (QED) is 0.724. The van der Waals surface area contributed by atoms with E-state index in [9.17, 15) is 0 Å². The summed E-state index contributed by atoms with van der Waals surface area (Å²) >= 11 is 0. The van der Waals surface area contributed by atoms with Crippen molar-refractivity contribution in [3.05, 3.63) is 65.7 Å². The van der Waals surface area contributed by atoms with Crippen molar-refractivity contribution in [1.29, 1.82) is 0 Å². The highest BCUT2D eigenvalue weighted by Crippen LogP contribution is 2.26. The molecule has 0 heterocycles. The summed E-state index contributed by atoms with van der Waals surface area (Å²) in [6, 6.07) is 18.9. The molecule has 1 nitrogen and oxygen atoms in total. The van der Waals surface area contributed by atoms with E-state index in [1.807, 2.05) is 32.9 Å². The Kier molecular flexibility index (Phi) is 6.73. The van der Waals surface area contributed by atoms with Crippen LogP contribution in [-0.4, -0.2) is 6.61 Å². The van der Waals surface area contributed by atoms with Gasteiger partial charge in [-0.15, -0.1) is 0 Å². The third kappa shape index (κ3) is 4.44. The van der Waals surface area contributed by atoms with E-state index < -0.39 is 0 Å². The predicted molar refractivity (Wildman–Crippen MR) is 82.9 cm³/mol. The molecule has 1 heteroatoms. The second-order valence-electron chi connectivity index (χ2n) is 4.14. The lowest BCUT2D eigenvalue weighted by atomic mass is 9.93. The summed E-state index contributed by atoms with van der Waals surface area (Å²) in [5.74, 6) is 1.35. The fourth-order valence-corrected chi connectivity index (χ4v) is 1.97. The van der Waals surface area contributed by atoms with Crippen molar-refractivity contribution in [3.8, 4) is 5.75 Å². The van der Waals surface area contributed by atoms with Crippen molar-refractivity contribution in [3.63, 3.8) is 0 Å². The molecule has 0 aliphatic rings. The zero-order chi connectivity index (χ0) is 14.1. The van der Waals surface area contributed by atoms with Crippen molar-refractivity contribution >= 4 is 0 Å². The maximum Gasteiger partial charge on any atom is 0.119 e. The van der Waals surface area contributed by atoms with Crippen LogP contribution in [0, 0.1) is 0 Å². The summed E-state index contributed by atoms with van der Waals surface area (Å²) in [5.41, 5.74) is 2.63. The Balaban J connectivity index is 0.000000861. The predicted octanol–water partition coefficient (Wildman–Crippen LogP) is 5.26. The molecule has 0 spiro atoms. The van der Waals surface area contributed by atoms with Crippen LogP contribution in [0.4, 0.5) is 0 Å².